The average Bonchev–Trinajstić information content (AvgIpc) is 2.38. The van der Waals surface area contributed by atoms with Crippen LogP contribution in [0.3, 0.4) is 0 Å². The summed E-state index contributed by atoms with van der Waals surface area (Å²) in [5, 5.41) is 14.1. The molecule has 3 heteroatoms. The summed E-state index contributed by atoms with van der Waals surface area (Å²) in [7, 11) is 0. The third-order valence-electron chi connectivity index (χ3n) is 4.39. The molecule has 1 aliphatic heterocycles. The minimum atomic E-state index is -0.497. The molecule has 0 radical (unpaired) electrons. The maximum Gasteiger partial charge on any atom is 0.0769 e. The van der Waals surface area contributed by atoms with Crippen molar-refractivity contribution in [1.82, 2.24) is 10.2 Å². The molecule has 0 aromatic rings. The second kappa shape index (κ2) is 6.72. The smallest absolute Gasteiger partial charge is 0.0769 e. The minimum Gasteiger partial charge on any atom is -0.389 e. The van der Waals surface area contributed by atoms with Gasteiger partial charge in [-0.15, -0.1) is 0 Å². The van der Waals surface area contributed by atoms with Gasteiger partial charge in [0.2, 0.25) is 0 Å². The van der Waals surface area contributed by atoms with E-state index in [-0.39, 0.29) is 0 Å². The lowest BCUT2D eigenvalue weighted by molar-refractivity contribution is -0.0260. The molecular formula is C14H30N2O. The Morgan fingerprint density at radius 1 is 1.18 bits per heavy atom. The van der Waals surface area contributed by atoms with E-state index in [1.165, 1.54) is 6.42 Å². The number of nitrogens with one attached hydrogen (secondary N) is 1. The molecule has 3 nitrogen and oxygen atoms in total. The van der Waals surface area contributed by atoms with Crippen molar-refractivity contribution in [1.29, 1.82) is 0 Å². The van der Waals surface area contributed by atoms with Crippen LogP contribution in [-0.2, 0) is 0 Å². The lowest BCUT2D eigenvalue weighted by Crippen LogP contribution is -2.59. The molecule has 0 saturated carbocycles. The van der Waals surface area contributed by atoms with Crippen LogP contribution < -0.4 is 5.32 Å². The van der Waals surface area contributed by atoms with Gasteiger partial charge in [0, 0.05) is 31.7 Å². The van der Waals surface area contributed by atoms with Crippen LogP contribution >= 0.6 is 0 Å². The van der Waals surface area contributed by atoms with Gasteiger partial charge in [0.05, 0.1) is 5.60 Å². The fourth-order valence-corrected chi connectivity index (χ4v) is 2.65. The van der Waals surface area contributed by atoms with Crippen molar-refractivity contribution in [2.75, 3.05) is 19.6 Å². The van der Waals surface area contributed by atoms with Crippen LogP contribution in [0.2, 0.25) is 0 Å². The first-order chi connectivity index (χ1) is 8.08. The van der Waals surface area contributed by atoms with Crippen LogP contribution in [-0.4, -0.2) is 47.3 Å². The normalized spacial score (nSPS) is 27.4. The number of nitrogens with zero attached hydrogens (tertiary/aromatic N) is 1. The quantitative estimate of drug-likeness (QED) is 0.748. The number of hydrogen-bond acceptors (Lipinski definition) is 3. The van der Waals surface area contributed by atoms with Gasteiger partial charge in [-0.2, -0.15) is 0 Å². The summed E-state index contributed by atoms with van der Waals surface area (Å²) in [5.74, 6) is 0. The van der Waals surface area contributed by atoms with Gasteiger partial charge in [0.15, 0.2) is 0 Å². The van der Waals surface area contributed by atoms with Crippen LogP contribution in [0, 0.1) is 0 Å². The molecule has 0 aromatic heterocycles. The molecule has 1 saturated heterocycles. The van der Waals surface area contributed by atoms with Crippen LogP contribution in [0.1, 0.15) is 53.4 Å². The van der Waals surface area contributed by atoms with E-state index < -0.39 is 5.60 Å². The largest absolute Gasteiger partial charge is 0.389 e. The van der Waals surface area contributed by atoms with E-state index in [1.54, 1.807) is 0 Å². The zero-order valence-corrected chi connectivity index (χ0v) is 12.0. The maximum atomic E-state index is 10.5. The van der Waals surface area contributed by atoms with Gasteiger partial charge in [-0.05, 0) is 25.7 Å². The first-order valence-corrected chi connectivity index (χ1v) is 7.28. The Hall–Kier alpha value is -0.120. The highest BCUT2D eigenvalue weighted by molar-refractivity contribution is 4.89. The minimum absolute atomic E-state index is 0.497. The highest BCUT2D eigenvalue weighted by Gasteiger charge is 2.32. The standard InChI is InChI=1S/C14H30N2O/c1-5-12-10-16(13(6-2)9-15-12)11-14(17,7-3)8-4/h12-13,15,17H,5-11H2,1-4H3. The zero-order valence-electron chi connectivity index (χ0n) is 12.0. The van der Waals surface area contributed by atoms with Crippen LogP contribution in [0.15, 0.2) is 0 Å². The van der Waals surface area contributed by atoms with Gasteiger partial charge < -0.3 is 10.4 Å². The van der Waals surface area contributed by atoms with Gasteiger partial charge in [-0.1, -0.05) is 27.7 Å². The molecule has 102 valence electrons. The summed E-state index contributed by atoms with van der Waals surface area (Å²) < 4.78 is 0. The second-order valence-corrected chi connectivity index (χ2v) is 5.44. The number of piperazine rings is 1. The van der Waals surface area contributed by atoms with Crippen molar-refractivity contribution in [2.24, 2.45) is 0 Å². The first-order valence-electron chi connectivity index (χ1n) is 7.28. The van der Waals surface area contributed by atoms with Gasteiger partial charge >= 0.3 is 0 Å². The van der Waals surface area contributed by atoms with Crippen LogP contribution in [0.25, 0.3) is 0 Å². The third kappa shape index (κ3) is 3.94. The van der Waals surface area contributed by atoms with Crippen molar-refractivity contribution >= 4 is 0 Å². The van der Waals surface area contributed by atoms with E-state index in [0.717, 1.165) is 38.9 Å². The fourth-order valence-electron chi connectivity index (χ4n) is 2.65. The Bertz CT molecular complexity index is 216. The van der Waals surface area contributed by atoms with Gasteiger partial charge in [-0.25, -0.2) is 0 Å². The number of hydrogen-bond donors (Lipinski definition) is 2. The SMILES string of the molecule is CCC1CN(CC(O)(CC)CC)C(CC)CN1. The van der Waals surface area contributed by atoms with E-state index in [0.29, 0.717) is 12.1 Å². The van der Waals surface area contributed by atoms with Crippen molar-refractivity contribution in [3.05, 3.63) is 0 Å². The Balaban J connectivity index is 2.63. The zero-order chi connectivity index (χ0) is 12.9. The number of aliphatic hydroxyl groups is 1. The van der Waals surface area contributed by atoms with E-state index in [2.05, 4.69) is 37.9 Å². The highest BCUT2D eigenvalue weighted by Crippen LogP contribution is 2.21. The molecule has 2 N–H and O–H groups in total. The van der Waals surface area contributed by atoms with Crippen molar-refractivity contribution in [2.45, 2.75) is 71.1 Å². The molecule has 1 aliphatic rings. The van der Waals surface area contributed by atoms with E-state index in [9.17, 15) is 5.11 Å². The lowest BCUT2D eigenvalue weighted by Gasteiger charge is -2.43. The van der Waals surface area contributed by atoms with Crippen LogP contribution in [0.4, 0.5) is 0 Å². The molecule has 1 heterocycles. The third-order valence-corrected chi connectivity index (χ3v) is 4.39. The van der Waals surface area contributed by atoms with Crippen molar-refractivity contribution in [3.63, 3.8) is 0 Å². The number of rotatable bonds is 6. The predicted octanol–water partition coefficient (Wildman–Crippen LogP) is 2.00. The Morgan fingerprint density at radius 3 is 2.29 bits per heavy atom. The molecule has 0 spiro atoms. The van der Waals surface area contributed by atoms with Gasteiger partial charge in [-0.3, -0.25) is 4.90 Å². The Morgan fingerprint density at radius 2 is 1.82 bits per heavy atom. The molecule has 1 rings (SSSR count). The van der Waals surface area contributed by atoms with Crippen molar-refractivity contribution in [3.8, 4) is 0 Å². The first kappa shape index (κ1) is 14.9. The van der Waals surface area contributed by atoms with E-state index in [4.69, 9.17) is 0 Å². The maximum absolute atomic E-state index is 10.5. The summed E-state index contributed by atoms with van der Waals surface area (Å²) in [6.45, 7) is 11.6. The fraction of sp³-hybridized carbons (Fsp3) is 1.00. The second-order valence-electron chi connectivity index (χ2n) is 5.44. The van der Waals surface area contributed by atoms with E-state index in [1.807, 2.05) is 0 Å². The molecule has 2 unspecified atom stereocenters. The Labute approximate surface area is 107 Å². The summed E-state index contributed by atoms with van der Waals surface area (Å²) in [6, 6.07) is 1.18. The summed E-state index contributed by atoms with van der Waals surface area (Å²) in [4.78, 5) is 2.50. The molecule has 0 bridgehead atoms. The lowest BCUT2D eigenvalue weighted by atomic mass is 9.94. The monoisotopic (exact) mass is 242 g/mol. The van der Waals surface area contributed by atoms with Gasteiger partial charge in [0.1, 0.15) is 0 Å². The molecule has 0 aliphatic carbocycles. The summed E-state index contributed by atoms with van der Waals surface area (Å²) >= 11 is 0. The molecule has 0 aromatic carbocycles. The van der Waals surface area contributed by atoms with Crippen molar-refractivity contribution < 1.29 is 5.11 Å². The molecular weight excluding hydrogens is 212 g/mol. The summed E-state index contributed by atoms with van der Waals surface area (Å²) in [6.07, 6.45) is 4.03. The topological polar surface area (TPSA) is 35.5 Å². The molecule has 0 amide bonds. The molecule has 1 fully saturated rings. The number of β-amino-alcohol motifs (C(OH)–C–C–N with tert-alkyl or cyclic N) is 1. The summed E-state index contributed by atoms with van der Waals surface area (Å²) in [5.41, 5.74) is -0.497. The molecule has 2 atom stereocenters. The predicted molar refractivity (Wildman–Crippen MR) is 73.3 cm³/mol. The Kier molecular flexibility index (Phi) is 5.90. The molecule has 17 heavy (non-hydrogen) atoms. The average molecular weight is 242 g/mol. The van der Waals surface area contributed by atoms with Crippen LogP contribution in [0.5, 0.6) is 0 Å². The van der Waals surface area contributed by atoms with E-state index >= 15 is 0 Å². The van der Waals surface area contributed by atoms with Gasteiger partial charge in [0.25, 0.3) is 0 Å². The highest BCUT2D eigenvalue weighted by atomic mass is 16.3.